The molecule has 3 aromatic rings. The van der Waals surface area contributed by atoms with Gasteiger partial charge in [0.2, 0.25) is 5.91 Å². The Bertz CT molecular complexity index is 1610. The molecule has 11 heteroatoms. The molecule has 2 N–H and O–H groups in total. The number of hydrogen-bond acceptors (Lipinski definition) is 6. The summed E-state index contributed by atoms with van der Waals surface area (Å²) in [7, 11) is 4.97. The summed E-state index contributed by atoms with van der Waals surface area (Å²) < 4.78 is 0. The first-order valence-corrected chi connectivity index (χ1v) is 15.3. The number of benzene rings is 2. The van der Waals surface area contributed by atoms with E-state index in [0.29, 0.717) is 55.0 Å². The topological polar surface area (TPSA) is 126 Å². The van der Waals surface area contributed by atoms with Gasteiger partial charge in [-0.1, -0.05) is 19.1 Å². The number of nitrogens with one attached hydrogen (secondary N) is 2. The summed E-state index contributed by atoms with van der Waals surface area (Å²) in [5.74, 6) is 0.814. The van der Waals surface area contributed by atoms with Gasteiger partial charge in [0.15, 0.2) is 5.82 Å². The Morgan fingerprint density at radius 3 is 2.16 bits per heavy atom. The van der Waals surface area contributed by atoms with Crippen molar-refractivity contribution in [3.63, 3.8) is 0 Å². The van der Waals surface area contributed by atoms with Crippen molar-refractivity contribution in [2.24, 2.45) is 18.9 Å². The van der Waals surface area contributed by atoms with Crippen LogP contribution >= 0.6 is 0 Å². The molecule has 0 spiro atoms. The fraction of sp³-hybridized carbons (Fsp3) is 0.485. The second kappa shape index (κ2) is 11.5. The monoisotopic (exact) mass is 594 g/mol. The average Bonchev–Trinajstić information content (AvgIpc) is 3.53. The van der Waals surface area contributed by atoms with Gasteiger partial charge in [-0.05, 0) is 95.7 Å². The van der Waals surface area contributed by atoms with Gasteiger partial charge in [0, 0.05) is 44.1 Å². The van der Waals surface area contributed by atoms with E-state index in [1.54, 1.807) is 21.1 Å². The quantitative estimate of drug-likeness (QED) is 0.386. The molecule has 3 aliphatic rings. The third kappa shape index (κ3) is 5.02. The lowest BCUT2D eigenvalue weighted by molar-refractivity contribution is -0.132. The van der Waals surface area contributed by atoms with E-state index in [9.17, 15) is 14.4 Å². The van der Waals surface area contributed by atoms with Gasteiger partial charge in [0.1, 0.15) is 0 Å². The van der Waals surface area contributed by atoms with Crippen LogP contribution in [0.1, 0.15) is 87.8 Å². The number of carbonyl (C=O) groups is 3. The Kier molecular flexibility index (Phi) is 7.70. The van der Waals surface area contributed by atoms with Gasteiger partial charge in [-0.2, -0.15) is 4.80 Å². The van der Waals surface area contributed by atoms with Gasteiger partial charge >= 0.3 is 6.17 Å². The van der Waals surface area contributed by atoms with Crippen LogP contribution in [0.4, 0.5) is 0 Å². The molecule has 2 heterocycles. The summed E-state index contributed by atoms with van der Waals surface area (Å²) in [6, 6.07) is 11.8. The summed E-state index contributed by atoms with van der Waals surface area (Å²) >= 11 is 0. The fourth-order valence-electron chi connectivity index (χ4n) is 7.45. The molecule has 2 fully saturated rings. The number of carbonyl (C=O) groups excluding carboxylic acids is 3. The van der Waals surface area contributed by atoms with Crippen LogP contribution in [0.2, 0.25) is 0 Å². The number of amides is 3. The average molecular weight is 595 g/mol. The molecular weight excluding hydrogens is 556 g/mol. The molecule has 228 valence electrons. The number of aryl methyl sites for hydroxylation is 3. The Morgan fingerprint density at radius 2 is 1.64 bits per heavy atom. The maximum absolute atomic E-state index is 13.4. The maximum atomic E-state index is 13.4. The van der Waals surface area contributed by atoms with Crippen molar-refractivity contribution < 1.29 is 14.4 Å². The normalized spacial score (nSPS) is 21.6. The van der Waals surface area contributed by atoms with Crippen molar-refractivity contribution in [2.45, 2.75) is 69.5 Å². The summed E-state index contributed by atoms with van der Waals surface area (Å²) in [4.78, 5) is 45.7. The van der Waals surface area contributed by atoms with E-state index >= 15 is 0 Å². The van der Waals surface area contributed by atoms with E-state index in [-0.39, 0.29) is 35.8 Å². The highest BCUT2D eigenvalue weighted by atomic mass is 16.2. The SMILES string of the molecule is [C-]#[N+][C@@H]1C[C@@H]2C[C@@H]2N1C(=O)CC[C@H](C)CC1(c2nnn(C)n2)c2ccc(C(=O)NC)cc2CCc2cc(C(=O)NC)ccc21. The van der Waals surface area contributed by atoms with Crippen molar-refractivity contribution in [1.29, 1.82) is 0 Å². The van der Waals surface area contributed by atoms with Gasteiger partial charge in [0.05, 0.1) is 12.5 Å². The van der Waals surface area contributed by atoms with Gasteiger partial charge in [-0.3, -0.25) is 24.1 Å². The van der Waals surface area contributed by atoms with Crippen LogP contribution < -0.4 is 10.6 Å². The Labute approximate surface area is 257 Å². The molecule has 2 aliphatic carbocycles. The molecule has 0 radical (unpaired) electrons. The van der Waals surface area contributed by atoms with E-state index in [2.05, 4.69) is 32.7 Å². The van der Waals surface area contributed by atoms with Crippen LogP contribution in [0, 0.1) is 18.4 Å². The highest BCUT2D eigenvalue weighted by Crippen LogP contribution is 2.50. The first-order chi connectivity index (χ1) is 21.2. The zero-order chi connectivity index (χ0) is 31.2. The number of likely N-dealkylation sites (tertiary alicyclic amines) is 1. The van der Waals surface area contributed by atoms with Crippen LogP contribution in [0.3, 0.4) is 0 Å². The van der Waals surface area contributed by atoms with Crippen molar-refractivity contribution in [3.05, 3.63) is 87.0 Å². The van der Waals surface area contributed by atoms with Crippen LogP contribution in [-0.4, -0.2) is 69.1 Å². The second-order valence-electron chi connectivity index (χ2n) is 12.5. The number of tetrazole rings is 1. The lowest BCUT2D eigenvalue weighted by atomic mass is 9.66. The lowest BCUT2D eigenvalue weighted by Crippen LogP contribution is -2.37. The maximum Gasteiger partial charge on any atom is 0.301 e. The first-order valence-electron chi connectivity index (χ1n) is 15.3. The minimum absolute atomic E-state index is 0.0571. The second-order valence-corrected chi connectivity index (χ2v) is 12.5. The molecule has 4 atom stereocenters. The standard InChI is InChI=1S/C33H38N8O3/c1-19(6-13-29(42)41-27-16-24(27)17-28(41)34-2)18-33(32-37-39-40(5)38-32)25-11-9-22(30(43)35-3)14-20(25)7-8-21-15-23(31(44)36-4)10-12-26(21)33/h9-12,14-15,19,24,27-28H,6-8,13,16-18H2,1,3-5H3,(H,35,43)(H,36,44)/t19-,24-,27-,28-/m0/s1. The van der Waals surface area contributed by atoms with Crippen molar-refractivity contribution in [2.75, 3.05) is 14.1 Å². The van der Waals surface area contributed by atoms with Crippen LogP contribution in [0.5, 0.6) is 0 Å². The van der Waals surface area contributed by atoms with E-state index in [0.717, 1.165) is 35.1 Å². The van der Waals surface area contributed by atoms with E-state index < -0.39 is 5.41 Å². The molecule has 1 aromatic heterocycles. The number of hydrogen-bond donors (Lipinski definition) is 2. The first kappa shape index (κ1) is 29.5. The molecule has 0 bridgehead atoms. The van der Waals surface area contributed by atoms with E-state index in [1.165, 1.54) is 4.80 Å². The molecule has 2 aromatic carbocycles. The molecule has 11 nitrogen and oxygen atoms in total. The van der Waals surface area contributed by atoms with Crippen LogP contribution in [0.25, 0.3) is 4.85 Å². The zero-order valence-corrected chi connectivity index (χ0v) is 25.6. The fourth-order valence-corrected chi connectivity index (χ4v) is 7.45. The Hall–Kier alpha value is -4.59. The van der Waals surface area contributed by atoms with Gasteiger partial charge < -0.3 is 10.6 Å². The van der Waals surface area contributed by atoms with Crippen molar-refractivity contribution >= 4 is 17.7 Å². The van der Waals surface area contributed by atoms with Crippen LogP contribution in [-0.2, 0) is 30.1 Å². The number of nitrogens with zero attached hydrogens (tertiary/aromatic N) is 6. The van der Waals surface area contributed by atoms with Gasteiger partial charge in [0.25, 0.3) is 11.8 Å². The zero-order valence-electron chi connectivity index (χ0n) is 25.6. The van der Waals surface area contributed by atoms with E-state index in [4.69, 9.17) is 11.7 Å². The minimum atomic E-state index is -0.839. The largest absolute Gasteiger partial charge is 0.355 e. The number of rotatable bonds is 8. The Balaban J connectivity index is 1.43. The predicted molar refractivity (Wildman–Crippen MR) is 163 cm³/mol. The summed E-state index contributed by atoms with van der Waals surface area (Å²) in [6.07, 6.45) is 4.38. The van der Waals surface area contributed by atoms with Crippen molar-refractivity contribution in [3.8, 4) is 0 Å². The number of aromatic nitrogens is 4. The summed E-state index contributed by atoms with van der Waals surface area (Å²) in [5, 5.41) is 19.0. The lowest BCUT2D eigenvalue weighted by Gasteiger charge is -2.36. The third-order valence-electron chi connectivity index (χ3n) is 9.68. The smallest absolute Gasteiger partial charge is 0.301 e. The molecular formula is C33H38N8O3. The highest BCUT2D eigenvalue weighted by molar-refractivity contribution is 5.95. The number of fused-ring (bicyclic) bond motifs is 3. The summed E-state index contributed by atoms with van der Waals surface area (Å²) in [6.45, 7) is 9.71. The van der Waals surface area contributed by atoms with Gasteiger partial charge in [-0.25, -0.2) is 6.57 Å². The van der Waals surface area contributed by atoms with E-state index in [1.807, 2.05) is 41.3 Å². The molecule has 44 heavy (non-hydrogen) atoms. The third-order valence-corrected chi connectivity index (χ3v) is 9.68. The molecule has 3 amide bonds. The molecule has 1 aliphatic heterocycles. The predicted octanol–water partition coefficient (Wildman–Crippen LogP) is 3.03. The molecule has 6 rings (SSSR count). The Morgan fingerprint density at radius 1 is 1.02 bits per heavy atom. The highest BCUT2D eigenvalue weighted by Gasteiger charge is 2.57. The van der Waals surface area contributed by atoms with Crippen LogP contribution in [0.15, 0.2) is 36.4 Å². The number of piperidine rings is 1. The minimum Gasteiger partial charge on any atom is -0.355 e. The van der Waals surface area contributed by atoms with Crippen molar-refractivity contribution in [1.82, 2.24) is 35.7 Å². The molecule has 0 unspecified atom stereocenters. The van der Waals surface area contributed by atoms with Gasteiger partial charge in [-0.15, -0.1) is 10.2 Å². The molecule has 1 saturated carbocycles. The summed E-state index contributed by atoms with van der Waals surface area (Å²) in [5.41, 5.74) is 4.32. The molecule has 1 saturated heterocycles.